The third-order valence-electron chi connectivity index (χ3n) is 4.86. The normalized spacial score (nSPS) is 17.8. The van der Waals surface area contributed by atoms with Gasteiger partial charge in [-0.1, -0.05) is 0 Å². The molecule has 1 atom stereocenters. The molecule has 3 aromatic rings. The number of rotatable bonds is 4. The number of aromatic nitrogens is 7. The summed E-state index contributed by atoms with van der Waals surface area (Å²) in [6.07, 6.45) is 5.96. The number of piperidine rings is 1. The minimum atomic E-state index is 0.365. The lowest BCUT2D eigenvalue weighted by molar-refractivity contribution is 0.452. The molecule has 0 spiro atoms. The van der Waals surface area contributed by atoms with Crippen molar-refractivity contribution in [2.24, 2.45) is 0 Å². The maximum absolute atomic E-state index is 4.43. The van der Waals surface area contributed by atoms with E-state index in [1.807, 2.05) is 37.6 Å². The summed E-state index contributed by atoms with van der Waals surface area (Å²) >= 11 is 0. The number of hydrogen-bond acceptors (Lipinski definition) is 6. The van der Waals surface area contributed by atoms with Gasteiger partial charge in [-0.3, -0.25) is 0 Å². The highest BCUT2D eigenvalue weighted by molar-refractivity contribution is 5.40. The number of aryl methyl sites for hydroxylation is 1. The van der Waals surface area contributed by atoms with E-state index >= 15 is 0 Å². The Morgan fingerprint density at radius 2 is 1.88 bits per heavy atom. The second-order valence-electron chi connectivity index (χ2n) is 7.13. The summed E-state index contributed by atoms with van der Waals surface area (Å²) < 4.78 is 3.92. The van der Waals surface area contributed by atoms with Crippen molar-refractivity contribution in [1.29, 1.82) is 0 Å². The van der Waals surface area contributed by atoms with Gasteiger partial charge >= 0.3 is 0 Å². The van der Waals surface area contributed by atoms with Crippen LogP contribution in [0.3, 0.4) is 0 Å². The van der Waals surface area contributed by atoms with Crippen molar-refractivity contribution < 1.29 is 0 Å². The maximum Gasteiger partial charge on any atom is 0.175 e. The van der Waals surface area contributed by atoms with E-state index in [0.29, 0.717) is 12.0 Å². The lowest BCUT2D eigenvalue weighted by atomic mass is 9.97. The molecule has 1 fully saturated rings. The largest absolute Gasteiger partial charge is 0.354 e. The van der Waals surface area contributed by atoms with Gasteiger partial charge in [-0.15, -0.1) is 20.4 Å². The first-order valence-corrected chi connectivity index (χ1v) is 9.12. The van der Waals surface area contributed by atoms with Gasteiger partial charge in [-0.25, -0.2) is 4.68 Å². The molecule has 0 aromatic carbocycles. The first-order chi connectivity index (χ1) is 12.6. The molecule has 136 valence electrons. The molecule has 8 heteroatoms. The van der Waals surface area contributed by atoms with Crippen LogP contribution in [-0.2, 0) is 0 Å². The summed E-state index contributed by atoms with van der Waals surface area (Å²) in [5, 5.41) is 21.7. The summed E-state index contributed by atoms with van der Waals surface area (Å²) in [6, 6.07) is 6.31. The van der Waals surface area contributed by atoms with E-state index in [4.69, 9.17) is 0 Å². The smallest absolute Gasteiger partial charge is 0.175 e. The number of anilines is 1. The monoisotopic (exact) mass is 352 g/mol. The summed E-state index contributed by atoms with van der Waals surface area (Å²) in [6.45, 7) is 8.16. The van der Waals surface area contributed by atoms with Gasteiger partial charge in [0.1, 0.15) is 12.2 Å². The van der Waals surface area contributed by atoms with Crippen molar-refractivity contribution in [3.05, 3.63) is 42.2 Å². The van der Waals surface area contributed by atoms with E-state index in [2.05, 4.69) is 48.8 Å². The number of hydrogen-bond donors (Lipinski definition) is 0. The fourth-order valence-electron chi connectivity index (χ4n) is 3.49. The van der Waals surface area contributed by atoms with E-state index in [1.165, 1.54) is 0 Å². The molecule has 4 rings (SSSR count). The first-order valence-electron chi connectivity index (χ1n) is 9.12. The van der Waals surface area contributed by atoms with E-state index in [-0.39, 0.29) is 0 Å². The maximum atomic E-state index is 4.43. The Hall–Kier alpha value is -2.77. The first kappa shape index (κ1) is 16.7. The second-order valence-corrected chi connectivity index (χ2v) is 7.13. The zero-order valence-corrected chi connectivity index (χ0v) is 15.4. The van der Waals surface area contributed by atoms with Crippen LogP contribution < -0.4 is 4.90 Å². The van der Waals surface area contributed by atoms with Crippen molar-refractivity contribution in [2.45, 2.75) is 45.6 Å². The van der Waals surface area contributed by atoms with Crippen LogP contribution >= 0.6 is 0 Å². The van der Waals surface area contributed by atoms with E-state index in [0.717, 1.165) is 49.1 Å². The quantitative estimate of drug-likeness (QED) is 0.718. The molecule has 0 amide bonds. The van der Waals surface area contributed by atoms with Gasteiger partial charge in [0, 0.05) is 31.2 Å². The minimum Gasteiger partial charge on any atom is -0.354 e. The van der Waals surface area contributed by atoms with Crippen LogP contribution in [0.25, 0.3) is 5.82 Å². The Bertz CT molecular complexity index is 863. The van der Waals surface area contributed by atoms with Gasteiger partial charge in [0.25, 0.3) is 0 Å². The molecule has 1 unspecified atom stereocenters. The Labute approximate surface area is 152 Å². The van der Waals surface area contributed by atoms with Gasteiger partial charge in [0.05, 0.1) is 5.69 Å². The zero-order chi connectivity index (χ0) is 18.1. The van der Waals surface area contributed by atoms with Gasteiger partial charge in [-0.05, 0) is 51.8 Å². The molecule has 8 nitrogen and oxygen atoms in total. The lowest BCUT2D eigenvalue weighted by Crippen LogP contribution is -2.36. The standard InChI is InChI=1S/C18H24N8/c1-13(2)25-12-19-22-18(25)15-5-4-9-24(11-15)16-6-7-17(21-20-16)26-10-8-14(3)23-26/h6-8,10,12-13,15H,4-5,9,11H2,1-3H3. The van der Waals surface area contributed by atoms with Crippen LogP contribution in [0.2, 0.25) is 0 Å². The van der Waals surface area contributed by atoms with Crippen molar-refractivity contribution in [2.75, 3.05) is 18.0 Å². The predicted octanol–water partition coefficient (Wildman–Crippen LogP) is 2.53. The SMILES string of the molecule is Cc1ccn(-c2ccc(N3CCCC(c4nncn4C(C)C)C3)nn2)n1. The van der Waals surface area contributed by atoms with Gasteiger partial charge in [0.2, 0.25) is 0 Å². The predicted molar refractivity (Wildman–Crippen MR) is 98.5 cm³/mol. The summed E-state index contributed by atoms with van der Waals surface area (Å²) in [5.74, 6) is 3.07. The van der Waals surface area contributed by atoms with Gasteiger partial charge < -0.3 is 9.47 Å². The van der Waals surface area contributed by atoms with Crippen molar-refractivity contribution in [3.63, 3.8) is 0 Å². The van der Waals surface area contributed by atoms with Crippen molar-refractivity contribution in [1.82, 2.24) is 34.7 Å². The van der Waals surface area contributed by atoms with Gasteiger partial charge in [0.15, 0.2) is 11.6 Å². The molecule has 1 saturated heterocycles. The molecule has 0 N–H and O–H groups in total. The average Bonchev–Trinajstić information content (AvgIpc) is 3.31. The molecular formula is C18H24N8. The molecule has 0 aliphatic carbocycles. The molecule has 26 heavy (non-hydrogen) atoms. The number of nitrogens with zero attached hydrogens (tertiary/aromatic N) is 8. The molecule has 4 heterocycles. The van der Waals surface area contributed by atoms with Crippen LogP contribution in [0, 0.1) is 6.92 Å². The third kappa shape index (κ3) is 3.18. The molecule has 1 aliphatic rings. The Balaban J connectivity index is 1.52. The Kier molecular flexibility index (Phi) is 4.40. The fourth-order valence-corrected chi connectivity index (χ4v) is 3.49. The highest BCUT2D eigenvalue weighted by Gasteiger charge is 2.26. The highest BCUT2D eigenvalue weighted by atomic mass is 15.4. The molecule has 1 aliphatic heterocycles. The van der Waals surface area contributed by atoms with Crippen LogP contribution in [0.5, 0.6) is 0 Å². The molecular weight excluding hydrogens is 328 g/mol. The highest BCUT2D eigenvalue weighted by Crippen LogP contribution is 2.29. The summed E-state index contributed by atoms with van der Waals surface area (Å²) in [5.41, 5.74) is 0.962. The molecule has 0 radical (unpaired) electrons. The van der Waals surface area contributed by atoms with E-state index < -0.39 is 0 Å². The van der Waals surface area contributed by atoms with E-state index in [9.17, 15) is 0 Å². The third-order valence-corrected chi connectivity index (χ3v) is 4.86. The van der Waals surface area contributed by atoms with E-state index in [1.54, 1.807) is 4.68 Å². The van der Waals surface area contributed by atoms with Gasteiger partial charge in [-0.2, -0.15) is 5.10 Å². The van der Waals surface area contributed by atoms with Crippen LogP contribution in [0.15, 0.2) is 30.7 Å². The Morgan fingerprint density at radius 1 is 1.08 bits per heavy atom. The lowest BCUT2D eigenvalue weighted by Gasteiger charge is -2.33. The average molecular weight is 352 g/mol. The fraction of sp³-hybridized carbons (Fsp3) is 0.500. The van der Waals surface area contributed by atoms with Crippen LogP contribution in [0.4, 0.5) is 5.82 Å². The molecule has 3 aromatic heterocycles. The summed E-state index contributed by atoms with van der Waals surface area (Å²) in [7, 11) is 0. The van der Waals surface area contributed by atoms with Crippen LogP contribution in [-0.4, -0.2) is 47.8 Å². The topological polar surface area (TPSA) is 77.5 Å². The van der Waals surface area contributed by atoms with Crippen LogP contribution in [0.1, 0.15) is 50.2 Å². The minimum absolute atomic E-state index is 0.365. The summed E-state index contributed by atoms with van der Waals surface area (Å²) in [4.78, 5) is 2.29. The van der Waals surface area contributed by atoms with Crippen molar-refractivity contribution in [3.8, 4) is 5.82 Å². The Morgan fingerprint density at radius 3 is 2.58 bits per heavy atom. The zero-order valence-electron chi connectivity index (χ0n) is 15.4. The second kappa shape index (κ2) is 6.86. The molecule has 0 saturated carbocycles. The molecule has 0 bridgehead atoms. The van der Waals surface area contributed by atoms with Crippen molar-refractivity contribution >= 4 is 5.82 Å².